The Labute approximate surface area is 247 Å². The minimum absolute atomic E-state index is 0.0718. The van der Waals surface area contributed by atoms with E-state index in [0.29, 0.717) is 46.0 Å². The van der Waals surface area contributed by atoms with Gasteiger partial charge in [0, 0.05) is 29.1 Å². The lowest BCUT2D eigenvalue weighted by Gasteiger charge is -2.42. The molecule has 2 aromatic carbocycles. The number of ether oxygens (including phenoxy) is 2. The highest BCUT2D eigenvalue weighted by Crippen LogP contribution is 2.46. The number of piperidine rings is 1. The Morgan fingerprint density at radius 2 is 1.85 bits per heavy atom. The molecule has 0 amide bonds. The Hall–Kier alpha value is -2.65. The fourth-order valence-electron chi connectivity index (χ4n) is 5.65. The summed E-state index contributed by atoms with van der Waals surface area (Å²) in [7, 11) is 0. The summed E-state index contributed by atoms with van der Waals surface area (Å²) < 4.78 is 18.5. The lowest BCUT2D eigenvalue weighted by atomic mass is 9.95. The van der Waals surface area contributed by atoms with Crippen LogP contribution in [0, 0.1) is 0 Å². The molecule has 3 heterocycles. The molecule has 1 saturated heterocycles. The fourth-order valence-corrected chi connectivity index (χ4v) is 7.43. The molecule has 6 rings (SSSR count). The van der Waals surface area contributed by atoms with E-state index in [9.17, 15) is 4.79 Å². The molecule has 40 heavy (non-hydrogen) atoms. The van der Waals surface area contributed by atoms with Crippen molar-refractivity contribution in [2.75, 3.05) is 11.5 Å². The largest absolute Gasteiger partial charge is 0.462 e. The van der Waals surface area contributed by atoms with Crippen molar-refractivity contribution in [1.29, 1.82) is 0 Å². The van der Waals surface area contributed by atoms with Crippen LogP contribution in [-0.2, 0) is 16.1 Å². The number of benzene rings is 2. The Morgan fingerprint density at radius 3 is 2.52 bits per heavy atom. The van der Waals surface area contributed by atoms with Crippen molar-refractivity contribution in [3.05, 3.63) is 63.3 Å². The molecule has 0 spiro atoms. The predicted molar refractivity (Wildman–Crippen MR) is 159 cm³/mol. The van der Waals surface area contributed by atoms with E-state index < -0.39 is 0 Å². The second kappa shape index (κ2) is 11.3. The van der Waals surface area contributed by atoms with E-state index in [1.54, 1.807) is 17.4 Å². The van der Waals surface area contributed by atoms with Gasteiger partial charge in [-0.1, -0.05) is 45.8 Å². The minimum atomic E-state index is -0.309. The Morgan fingerprint density at radius 1 is 1.12 bits per heavy atom. The summed E-state index contributed by atoms with van der Waals surface area (Å²) in [5.74, 6) is 0.960. The van der Waals surface area contributed by atoms with Gasteiger partial charge >= 0.3 is 5.97 Å². The Balaban J connectivity index is 1.18. The first-order chi connectivity index (χ1) is 19.3. The molecule has 1 aliphatic heterocycles. The van der Waals surface area contributed by atoms with Crippen LogP contribution in [0.5, 0.6) is 0 Å². The zero-order valence-electron chi connectivity index (χ0n) is 22.7. The first-order valence-electron chi connectivity index (χ1n) is 13.7. The van der Waals surface area contributed by atoms with E-state index in [-0.39, 0.29) is 24.2 Å². The number of fused-ring (bicyclic) bond motifs is 1. The number of carbonyl (C=O) groups is 1. The molecule has 210 valence electrons. The number of hydrogen-bond acceptors (Lipinski definition) is 8. The van der Waals surface area contributed by atoms with Crippen molar-refractivity contribution in [3.63, 3.8) is 0 Å². The van der Waals surface area contributed by atoms with Crippen molar-refractivity contribution in [2.24, 2.45) is 0 Å². The predicted octanol–water partition coefficient (Wildman–Crippen LogP) is 8.27. The lowest BCUT2D eigenvalue weighted by molar-refractivity contribution is 0.00974. The Bertz CT molecular complexity index is 1520. The second-order valence-corrected chi connectivity index (χ2v) is 12.5. The summed E-state index contributed by atoms with van der Waals surface area (Å²) >= 11 is 14.7. The minimum Gasteiger partial charge on any atom is -0.462 e. The molecule has 2 unspecified atom stereocenters. The molecule has 1 aliphatic carbocycles. The number of carbonyl (C=O) groups excluding carboxylic acids is 1. The van der Waals surface area contributed by atoms with E-state index >= 15 is 0 Å². The topological polar surface area (TPSA) is 77.7 Å². The standard InChI is InChI=1S/C30H31Cl2N3O4S/c1-4-37-29(36)19-10-11-24-25(14-19)40-30(33-24)35-16(2)12-20(13-17(35)3)38-15-21-27(34-39-28(21)18-8-9-18)26-22(31)6-5-7-23(26)32/h5-7,10-11,14,16-18,20H,4,8-9,12-13,15H2,1-3H3. The third-order valence-electron chi connectivity index (χ3n) is 7.70. The smallest absolute Gasteiger partial charge is 0.338 e. The highest BCUT2D eigenvalue weighted by atomic mass is 35.5. The summed E-state index contributed by atoms with van der Waals surface area (Å²) in [6.45, 7) is 6.99. The van der Waals surface area contributed by atoms with Gasteiger partial charge < -0.3 is 18.9 Å². The molecule has 10 heteroatoms. The molecule has 0 N–H and O–H groups in total. The van der Waals surface area contributed by atoms with Gasteiger partial charge in [0.1, 0.15) is 11.5 Å². The van der Waals surface area contributed by atoms with Gasteiger partial charge in [0.05, 0.1) is 45.1 Å². The number of halogens is 2. The van der Waals surface area contributed by atoms with Gasteiger partial charge in [0.2, 0.25) is 0 Å². The molecule has 1 saturated carbocycles. The van der Waals surface area contributed by atoms with Crippen molar-refractivity contribution in [3.8, 4) is 11.3 Å². The molecule has 2 aliphatic rings. The molecule has 4 aromatic rings. The van der Waals surface area contributed by atoms with Crippen molar-refractivity contribution < 1.29 is 18.8 Å². The van der Waals surface area contributed by atoms with Crippen LogP contribution in [0.2, 0.25) is 10.0 Å². The average Bonchev–Trinajstić information content (AvgIpc) is 3.54. The van der Waals surface area contributed by atoms with E-state index in [2.05, 4.69) is 23.9 Å². The van der Waals surface area contributed by atoms with Gasteiger partial charge in [0.15, 0.2) is 5.13 Å². The second-order valence-electron chi connectivity index (χ2n) is 10.7. The van der Waals surface area contributed by atoms with Crippen LogP contribution >= 0.6 is 34.5 Å². The zero-order chi connectivity index (χ0) is 28.0. The van der Waals surface area contributed by atoms with Crippen molar-refractivity contribution >= 4 is 55.9 Å². The molecular weight excluding hydrogens is 569 g/mol. The summed E-state index contributed by atoms with van der Waals surface area (Å²) in [5.41, 5.74) is 3.75. The number of thiazole rings is 1. The molecular formula is C30H31Cl2N3O4S. The maximum atomic E-state index is 12.2. The van der Waals surface area contributed by atoms with Crippen LogP contribution in [0.3, 0.4) is 0 Å². The summed E-state index contributed by atoms with van der Waals surface area (Å²) in [6, 6.07) is 11.5. The quantitative estimate of drug-likeness (QED) is 0.188. The highest BCUT2D eigenvalue weighted by molar-refractivity contribution is 7.22. The zero-order valence-corrected chi connectivity index (χ0v) is 25.0. The summed E-state index contributed by atoms with van der Waals surface area (Å²) in [5, 5.41) is 6.45. The average molecular weight is 601 g/mol. The SMILES string of the molecule is CCOC(=O)c1ccc2nc(N3C(C)CC(OCc4c(-c5c(Cl)cccc5Cl)noc4C4CC4)CC3C)sc2c1. The maximum absolute atomic E-state index is 12.2. The van der Waals surface area contributed by atoms with Crippen LogP contribution < -0.4 is 4.90 Å². The van der Waals surface area contributed by atoms with Crippen LogP contribution in [0.25, 0.3) is 21.5 Å². The van der Waals surface area contributed by atoms with Crippen LogP contribution in [0.15, 0.2) is 40.9 Å². The van der Waals surface area contributed by atoms with E-state index in [1.165, 1.54) is 0 Å². The molecule has 0 bridgehead atoms. The first kappa shape index (κ1) is 27.5. The van der Waals surface area contributed by atoms with Crippen LogP contribution in [-0.4, -0.2) is 40.9 Å². The molecule has 2 atom stereocenters. The first-order valence-corrected chi connectivity index (χ1v) is 15.3. The number of rotatable bonds is 8. The number of anilines is 1. The van der Waals surface area contributed by atoms with E-state index in [1.807, 2.05) is 37.3 Å². The number of aromatic nitrogens is 2. The molecule has 0 radical (unpaired) electrons. The van der Waals surface area contributed by atoms with E-state index in [4.69, 9.17) is 42.2 Å². The number of esters is 1. The summed E-state index contributed by atoms with van der Waals surface area (Å²) in [4.78, 5) is 19.5. The van der Waals surface area contributed by atoms with Crippen LogP contribution in [0.4, 0.5) is 5.13 Å². The molecule has 2 aromatic heterocycles. The van der Waals surface area contributed by atoms with Gasteiger partial charge in [-0.25, -0.2) is 9.78 Å². The van der Waals surface area contributed by atoms with Gasteiger partial charge in [-0.15, -0.1) is 0 Å². The third kappa shape index (κ3) is 5.34. The van der Waals surface area contributed by atoms with Crippen LogP contribution in [0.1, 0.15) is 74.1 Å². The van der Waals surface area contributed by atoms with Crippen molar-refractivity contribution in [1.82, 2.24) is 10.1 Å². The summed E-state index contributed by atoms with van der Waals surface area (Å²) in [6.07, 6.45) is 3.98. The lowest BCUT2D eigenvalue weighted by Crippen LogP contribution is -2.49. The Kier molecular flexibility index (Phi) is 7.79. The molecule has 2 fully saturated rings. The van der Waals surface area contributed by atoms with Gasteiger partial charge in [-0.05, 0) is 76.8 Å². The van der Waals surface area contributed by atoms with Gasteiger partial charge in [-0.2, -0.15) is 0 Å². The maximum Gasteiger partial charge on any atom is 0.338 e. The number of nitrogens with zero attached hydrogens (tertiary/aromatic N) is 3. The van der Waals surface area contributed by atoms with E-state index in [0.717, 1.165) is 52.4 Å². The third-order valence-corrected chi connectivity index (χ3v) is 9.36. The monoisotopic (exact) mass is 599 g/mol. The highest BCUT2D eigenvalue weighted by Gasteiger charge is 2.36. The molecule has 7 nitrogen and oxygen atoms in total. The number of hydrogen-bond donors (Lipinski definition) is 0. The normalized spacial score (nSPS) is 21.2. The van der Waals surface area contributed by atoms with Gasteiger partial charge in [-0.3, -0.25) is 0 Å². The van der Waals surface area contributed by atoms with Gasteiger partial charge in [0.25, 0.3) is 0 Å². The van der Waals surface area contributed by atoms with Crippen molar-refractivity contribution in [2.45, 2.75) is 77.2 Å². The fraction of sp³-hybridized carbons (Fsp3) is 0.433.